The van der Waals surface area contributed by atoms with E-state index in [-0.39, 0.29) is 0 Å². The highest BCUT2D eigenvalue weighted by Gasteiger charge is 2.33. The van der Waals surface area contributed by atoms with Crippen molar-refractivity contribution in [1.82, 2.24) is 4.90 Å². The second kappa shape index (κ2) is 4.44. The zero-order chi connectivity index (χ0) is 10.1. The topological polar surface area (TPSA) is 3.24 Å². The smallest absolute Gasteiger partial charge is 0.0176 e. The summed E-state index contributed by atoms with van der Waals surface area (Å²) in [5, 5.41) is 0.615. The van der Waals surface area contributed by atoms with Crippen molar-refractivity contribution < 1.29 is 0 Å². The van der Waals surface area contributed by atoms with Gasteiger partial charge in [0.25, 0.3) is 0 Å². The first-order chi connectivity index (χ1) is 6.68. The summed E-state index contributed by atoms with van der Waals surface area (Å²) in [6, 6.07) is 0.915. The summed E-state index contributed by atoms with van der Waals surface area (Å²) in [7, 11) is 0. The number of rotatable bonds is 2. The number of hydrogen-bond donors (Lipinski definition) is 1. The third-order valence-electron chi connectivity index (χ3n) is 4.11. The Morgan fingerprint density at radius 1 is 1.21 bits per heavy atom. The second-order valence-electron chi connectivity index (χ2n) is 5.34. The highest BCUT2D eigenvalue weighted by atomic mass is 32.1. The monoisotopic (exact) mass is 213 g/mol. The first kappa shape index (κ1) is 10.8. The number of likely N-dealkylation sites (tertiary alicyclic amines) is 1. The molecule has 1 saturated heterocycles. The van der Waals surface area contributed by atoms with E-state index < -0.39 is 0 Å². The average Bonchev–Trinajstić information content (AvgIpc) is 2.00. The molecule has 0 bridgehead atoms. The molecule has 0 aromatic heterocycles. The number of hydrogen-bond acceptors (Lipinski definition) is 2. The van der Waals surface area contributed by atoms with Crippen LogP contribution in [0.15, 0.2) is 0 Å². The Morgan fingerprint density at radius 3 is 2.36 bits per heavy atom. The van der Waals surface area contributed by atoms with Gasteiger partial charge in [-0.05, 0) is 37.6 Å². The predicted octanol–water partition coefficient (Wildman–Crippen LogP) is 2.82. The van der Waals surface area contributed by atoms with Crippen LogP contribution >= 0.6 is 12.6 Å². The van der Waals surface area contributed by atoms with Crippen LogP contribution in [0.5, 0.6) is 0 Å². The van der Waals surface area contributed by atoms with Crippen LogP contribution in [-0.4, -0.2) is 29.3 Å². The molecule has 1 unspecified atom stereocenters. The van der Waals surface area contributed by atoms with Crippen LogP contribution in [0.1, 0.15) is 39.5 Å². The van der Waals surface area contributed by atoms with E-state index in [0.29, 0.717) is 5.25 Å². The lowest BCUT2D eigenvalue weighted by molar-refractivity contribution is 0.0786. The fraction of sp³-hybridized carbons (Fsp3) is 1.00. The SMILES string of the molecule is CC(C)C1CCN(C2CCC2)C[C@@H]1S. The number of nitrogens with zero attached hydrogens (tertiary/aromatic N) is 1. The van der Waals surface area contributed by atoms with Gasteiger partial charge < -0.3 is 0 Å². The van der Waals surface area contributed by atoms with E-state index in [9.17, 15) is 0 Å². The molecule has 0 radical (unpaired) electrons. The predicted molar refractivity (Wildman–Crippen MR) is 64.9 cm³/mol. The van der Waals surface area contributed by atoms with Gasteiger partial charge in [0, 0.05) is 17.8 Å². The molecule has 2 atom stereocenters. The van der Waals surface area contributed by atoms with Crippen molar-refractivity contribution >= 4 is 12.6 Å². The summed E-state index contributed by atoms with van der Waals surface area (Å²) in [6.07, 6.45) is 5.69. The van der Waals surface area contributed by atoms with Gasteiger partial charge in [0.1, 0.15) is 0 Å². The summed E-state index contributed by atoms with van der Waals surface area (Å²) in [4.78, 5) is 2.68. The van der Waals surface area contributed by atoms with Gasteiger partial charge in [-0.1, -0.05) is 20.3 Å². The summed E-state index contributed by atoms with van der Waals surface area (Å²) in [5.74, 6) is 1.65. The molecule has 0 aromatic rings. The second-order valence-corrected chi connectivity index (χ2v) is 6.01. The third kappa shape index (κ3) is 2.11. The standard InChI is InChI=1S/C12H23NS/c1-9(2)11-6-7-13(8-12(11)14)10-4-3-5-10/h9-12,14H,3-8H2,1-2H3/t11?,12-/m0/s1. The van der Waals surface area contributed by atoms with Crippen molar-refractivity contribution in [3.05, 3.63) is 0 Å². The molecule has 2 fully saturated rings. The van der Waals surface area contributed by atoms with Crippen LogP contribution in [0.2, 0.25) is 0 Å². The van der Waals surface area contributed by atoms with E-state index in [4.69, 9.17) is 12.6 Å². The molecule has 1 nitrogen and oxygen atoms in total. The van der Waals surface area contributed by atoms with Gasteiger partial charge in [-0.15, -0.1) is 0 Å². The highest BCUT2D eigenvalue weighted by molar-refractivity contribution is 7.81. The summed E-state index contributed by atoms with van der Waals surface area (Å²) < 4.78 is 0. The normalized spacial score (nSPS) is 36.0. The van der Waals surface area contributed by atoms with Crippen molar-refractivity contribution in [2.75, 3.05) is 13.1 Å². The van der Waals surface area contributed by atoms with Crippen LogP contribution in [0.3, 0.4) is 0 Å². The van der Waals surface area contributed by atoms with Crippen LogP contribution in [0, 0.1) is 11.8 Å². The van der Waals surface area contributed by atoms with Gasteiger partial charge in [-0.3, -0.25) is 4.90 Å². The lowest BCUT2D eigenvalue weighted by Crippen LogP contribution is -2.50. The first-order valence-corrected chi connectivity index (χ1v) is 6.62. The van der Waals surface area contributed by atoms with Crippen LogP contribution in [0.4, 0.5) is 0 Å². The summed E-state index contributed by atoms with van der Waals surface area (Å²) in [5.41, 5.74) is 0. The molecule has 0 amide bonds. The van der Waals surface area contributed by atoms with Crippen molar-refractivity contribution in [2.24, 2.45) is 11.8 Å². The number of piperidine rings is 1. The Hall–Kier alpha value is 0.310. The molecular weight excluding hydrogens is 190 g/mol. The maximum atomic E-state index is 4.77. The molecule has 2 rings (SSSR count). The van der Waals surface area contributed by atoms with E-state index >= 15 is 0 Å². The molecule has 82 valence electrons. The van der Waals surface area contributed by atoms with Gasteiger partial charge in [0.2, 0.25) is 0 Å². The molecular formula is C12H23NS. The molecule has 1 aliphatic carbocycles. The summed E-state index contributed by atoms with van der Waals surface area (Å²) in [6.45, 7) is 7.24. The van der Waals surface area contributed by atoms with Crippen LogP contribution in [-0.2, 0) is 0 Å². The minimum Gasteiger partial charge on any atom is -0.299 e. The molecule has 1 heterocycles. The fourth-order valence-corrected chi connectivity index (χ4v) is 3.54. The maximum Gasteiger partial charge on any atom is 0.0176 e. The lowest BCUT2D eigenvalue weighted by atomic mass is 9.83. The Bertz CT molecular complexity index is 189. The van der Waals surface area contributed by atoms with E-state index in [1.54, 1.807) is 0 Å². The van der Waals surface area contributed by atoms with Crippen LogP contribution < -0.4 is 0 Å². The first-order valence-electron chi connectivity index (χ1n) is 6.10. The average molecular weight is 213 g/mol. The maximum absolute atomic E-state index is 4.77. The number of thiol groups is 1. The van der Waals surface area contributed by atoms with Gasteiger partial charge in [0.05, 0.1) is 0 Å². The molecule has 0 aromatic carbocycles. The van der Waals surface area contributed by atoms with Crippen LogP contribution in [0.25, 0.3) is 0 Å². The van der Waals surface area contributed by atoms with Crippen molar-refractivity contribution in [2.45, 2.75) is 50.8 Å². The Balaban J connectivity index is 1.85. The Labute approximate surface area is 93.7 Å². The Kier molecular flexibility index (Phi) is 3.43. The zero-order valence-corrected chi connectivity index (χ0v) is 10.3. The van der Waals surface area contributed by atoms with E-state index in [1.807, 2.05) is 0 Å². The molecule has 0 N–H and O–H groups in total. The van der Waals surface area contributed by atoms with E-state index in [2.05, 4.69) is 18.7 Å². The van der Waals surface area contributed by atoms with Gasteiger partial charge in [-0.2, -0.15) is 12.6 Å². The van der Waals surface area contributed by atoms with Crippen molar-refractivity contribution in [3.63, 3.8) is 0 Å². The van der Waals surface area contributed by atoms with E-state index in [0.717, 1.165) is 17.9 Å². The molecule has 1 aliphatic heterocycles. The fourth-order valence-electron chi connectivity index (χ4n) is 2.84. The van der Waals surface area contributed by atoms with Gasteiger partial charge in [-0.25, -0.2) is 0 Å². The zero-order valence-electron chi connectivity index (χ0n) is 9.45. The van der Waals surface area contributed by atoms with Crippen molar-refractivity contribution in [1.29, 1.82) is 0 Å². The minimum atomic E-state index is 0.615. The molecule has 0 spiro atoms. The lowest BCUT2D eigenvalue weighted by Gasteiger charge is -2.45. The Morgan fingerprint density at radius 2 is 1.93 bits per heavy atom. The molecule has 14 heavy (non-hydrogen) atoms. The third-order valence-corrected chi connectivity index (χ3v) is 4.66. The molecule has 2 aliphatic rings. The van der Waals surface area contributed by atoms with Gasteiger partial charge in [0.15, 0.2) is 0 Å². The van der Waals surface area contributed by atoms with Crippen molar-refractivity contribution in [3.8, 4) is 0 Å². The minimum absolute atomic E-state index is 0.615. The van der Waals surface area contributed by atoms with E-state index in [1.165, 1.54) is 38.8 Å². The van der Waals surface area contributed by atoms with Gasteiger partial charge >= 0.3 is 0 Å². The quantitative estimate of drug-likeness (QED) is 0.690. The summed E-state index contributed by atoms with van der Waals surface area (Å²) >= 11 is 4.77. The highest BCUT2D eigenvalue weighted by Crippen LogP contribution is 2.33. The largest absolute Gasteiger partial charge is 0.299 e. The molecule has 1 saturated carbocycles. The molecule has 2 heteroatoms.